The smallest absolute Gasteiger partial charge is 0.221 e. The molecule has 0 bridgehead atoms. The van der Waals surface area contributed by atoms with Crippen LogP contribution in [0.1, 0.15) is 47.4 Å². The molecule has 2 heterocycles. The molecular weight excluding hydrogens is 363 g/mol. The molecule has 144 valence electrons. The second kappa shape index (κ2) is 8.09. The standard InChI is InChI=1S/C21H25FN2O2S/c1-14(25)23-21-19(17-7-2-3-8-18(17)27-21)20(24-9-11-26-12-10-24)15-5-4-6-16(22)13-15/h4-6,13,20H,2-3,7-12H2,1H3,(H,23,25)/t20-/m1/s1. The van der Waals surface area contributed by atoms with Crippen LogP contribution in [-0.2, 0) is 22.4 Å². The molecule has 0 spiro atoms. The van der Waals surface area contributed by atoms with Crippen molar-refractivity contribution in [3.05, 3.63) is 51.7 Å². The van der Waals surface area contributed by atoms with Crippen molar-refractivity contribution in [2.45, 2.75) is 38.6 Å². The maximum absolute atomic E-state index is 14.1. The third-order valence-electron chi connectivity index (χ3n) is 5.35. The van der Waals surface area contributed by atoms with E-state index in [9.17, 15) is 9.18 Å². The molecule has 1 aromatic carbocycles. The van der Waals surface area contributed by atoms with Gasteiger partial charge in [0.25, 0.3) is 0 Å². The van der Waals surface area contributed by atoms with Gasteiger partial charge in [0.05, 0.1) is 19.3 Å². The van der Waals surface area contributed by atoms with Gasteiger partial charge in [-0.15, -0.1) is 11.3 Å². The third kappa shape index (κ3) is 3.93. The Hall–Kier alpha value is -1.76. The summed E-state index contributed by atoms with van der Waals surface area (Å²) in [6.45, 7) is 4.49. The van der Waals surface area contributed by atoms with E-state index in [4.69, 9.17) is 4.74 Å². The number of ether oxygens (including phenoxy) is 1. The highest BCUT2D eigenvalue weighted by Gasteiger charge is 2.32. The van der Waals surface area contributed by atoms with E-state index in [-0.39, 0.29) is 17.8 Å². The molecule has 1 amide bonds. The summed E-state index contributed by atoms with van der Waals surface area (Å²) in [6.07, 6.45) is 4.44. The molecule has 1 atom stereocenters. The molecule has 2 aromatic rings. The van der Waals surface area contributed by atoms with Crippen LogP contribution in [0.5, 0.6) is 0 Å². The molecule has 1 aliphatic carbocycles. The molecule has 1 N–H and O–H groups in total. The quantitative estimate of drug-likeness (QED) is 0.856. The number of aryl methyl sites for hydroxylation is 1. The number of nitrogens with zero attached hydrogens (tertiary/aromatic N) is 1. The van der Waals surface area contributed by atoms with E-state index < -0.39 is 0 Å². The molecule has 1 aromatic heterocycles. The Morgan fingerprint density at radius 2 is 2.04 bits per heavy atom. The van der Waals surface area contributed by atoms with Gasteiger partial charge in [0, 0.05) is 30.5 Å². The number of hydrogen-bond donors (Lipinski definition) is 1. The summed E-state index contributed by atoms with van der Waals surface area (Å²) in [4.78, 5) is 15.6. The first-order valence-electron chi connectivity index (χ1n) is 9.63. The van der Waals surface area contributed by atoms with Gasteiger partial charge in [-0.2, -0.15) is 0 Å². The summed E-state index contributed by atoms with van der Waals surface area (Å²) < 4.78 is 19.6. The minimum Gasteiger partial charge on any atom is -0.379 e. The molecule has 4 nitrogen and oxygen atoms in total. The number of carbonyl (C=O) groups is 1. The number of amides is 1. The number of thiophene rings is 1. The number of morpholine rings is 1. The lowest BCUT2D eigenvalue weighted by Crippen LogP contribution is -2.40. The normalized spacial score (nSPS) is 18.7. The topological polar surface area (TPSA) is 41.6 Å². The van der Waals surface area contributed by atoms with Crippen molar-refractivity contribution in [3.8, 4) is 0 Å². The monoisotopic (exact) mass is 388 g/mol. The second-order valence-corrected chi connectivity index (χ2v) is 8.35. The lowest BCUT2D eigenvalue weighted by atomic mass is 9.88. The average molecular weight is 389 g/mol. The molecule has 0 saturated carbocycles. The zero-order chi connectivity index (χ0) is 18.8. The summed E-state index contributed by atoms with van der Waals surface area (Å²) in [6, 6.07) is 6.81. The summed E-state index contributed by atoms with van der Waals surface area (Å²) in [5.41, 5.74) is 3.46. The van der Waals surface area contributed by atoms with Gasteiger partial charge >= 0.3 is 0 Å². The Bertz CT molecular complexity index is 830. The van der Waals surface area contributed by atoms with E-state index in [1.165, 1.54) is 22.9 Å². The lowest BCUT2D eigenvalue weighted by molar-refractivity contribution is -0.114. The zero-order valence-electron chi connectivity index (χ0n) is 15.6. The zero-order valence-corrected chi connectivity index (χ0v) is 16.4. The summed E-state index contributed by atoms with van der Waals surface area (Å²) >= 11 is 1.70. The Morgan fingerprint density at radius 1 is 1.26 bits per heavy atom. The van der Waals surface area contributed by atoms with E-state index >= 15 is 0 Å². The van der Waals surface area contributed by atoms with Crippen molar-refractivity contribution in [2.24, 2.45) is 0 Å². The van der Waals surface area contributed by atoms with Crippen molar-refractivity contribution in [3.63, 3.8) is 0 Å². The number of benzene rings is 1. The molecule has 27 heavy (non-hydrogen) atoms. The first-order valence-corrected chi connectivity index (χ1v) is 10.4. The van der Waals surface area contributed by atoms with E-state index in [0.29, 0.717) is 13.2 Å². The van der Waals surface area contributed by atoms with E-state index in [0.717, 1.165) is 48.5 Å². The van der Waals surface area contributed by atoms with Crippen LogP contribution in [0.3, 0.4) is 0 Å². The highest BCUT2D eigenvalue weighted by Crippen LogP contribution is 2.45. The molecule has 2 aliphatic rings. The van der Waals surface area contributed by atoms with Crippen LogP contribution in [0.15, 0.2) is 24.3 Å². The van der Waals surface area contributed by atoms with Crippen LogP contribution < -0.4 is 5.32 Å². The Balaban J connectivity index is 1.86. The Kier molecular flexibility index (Phi) is 5.57. The Labute approximate surface area is 163 Å². The van der Waals surface area contributed by atoms with E-state index in [1.54, 1.807) is 30.4 Å². The largest absolute Gasteiger partial charge is 0.379 e. The molecule has 0 radical (unpaired) electrons. The van der Waals surface area contributed by atoms with Crippen molar-refractivity contribution < 1.29 is 13.9 Å². The summed E-state index contributed by atoms with van der Waals surface area (Å²) in [7, 11) is 0. The first kappa shape index (κ1) is 18.6. The fraction of sp³-hybridized carbons (Fsp3) is 0.476. The molecule has 1 aliphatic heterocycles. The van der Waals surface area contributed by atoms with Crippen molar-refractivity contribution >= 4 is 22.2 Å². The molecule has 4 rings (SSSR count). The number of anilines is 1. The second-order valence-electron chi connectivity index (χ2n) is 7.24. The Morgan fingerprint density at radius 3 is 2.78 bits per heavy atom. The lowest BCUT2D eigenvalue weighted by Gasteiger charge is -2.36. The summed E-state index contributed by atoms with van der Waals surface area (Å²) in [5, 5.41) is 3.99. The SMILES string of the molecule is CC(=O)Nc1sc2c(c1[C@@H](c1cccc(F)c1)N1CCOCC1)CCCC2. The number of carbonyl (C=O) groups excluding carboxylic acids is 1. The van der Waals surface area contributed by atoms with Gasteiger partial charge in [-0.05, 0) is 48.9 Å². The first-order chi connectivity index (χ1) is 13.1. The van der Waals surface area contributed by atoms with Gasteiger partial charge in [0.15, 0.2) is 0 Å². The highest BCUT2D eigenvalue weighted by atomic mass is 32.1. The van der Waals surface area contributed by atoms with Crippen LogP contribution >= 0.6 is 11.3 Å². The van der Waals surface area contributed by atoms with E-state index in [1.807, 2.05) is 6.07 Å². The summed E-state index contributed by atoms with van der Waals surface area (Å²) in [5.74, 6) is -0.286. The molecule has 1 fully saturated rings. The predicted octanol–water partition coefficient (Wildman–Crippen LogP) is 4.15. The number of fused-ring (bicyclic) bond motifs is 1. The van der Waals surface area contributed by atoms with Crippen molar-refractivity contribution in [1.29, 1.82) is 0 Å². The maximum atomic E-state index is 14.1. The van der Waals surface area contributed by atoms with Crippen LogP contribution in [0.25, 0.3) is 0 Å². The third-order valence-corrected chi connectivity index (χ3v) is 6.57. The van der Waals surface area contributed by atoms with Gasteiger partial charge in [-0.25, -0.2) is 4.39 Å². The van der Waals surface area contributed by atoms with Crippen LogP contribution in [0.2, 0.25) is 0 Å². The maximum Gasteiger partial charge on any atom is 0.221 e. The number of nitrogens with one attached hydrogen (secondary N) is 1. The number of hydrogen-bond acceptors (Lipinski definition) is 4. The fourth-order valence-corrected chi connectivity index (χ4v) is 5.57. The number of rotatable bonds is 4. The molecule has 0 unspecified atom stereocenters. The van der Waals surface area contributed by atoms with Crippen molar-refractivity contribution in [1.82, 2.24) is 4.90 Å². The fourth-order valence-electron chi connectivity index (χ4n) is 4.20. The van der Waals surface area contributed by atoms with Crippen LogP contribution in [0, 0.1) is 5.82 Å². The van der Waals surface area contributed by atoms with Gasteiger partial charge in [-0.3, -0.25) is 9.69 Å². The highest BCUT2D eigenvalue weighted by molar-refractivity contribution is 7.16. The van der Waals surface area contributed by atoms with Gasteiger partial charge < -0.3 is 10.1 Å². The van der Waals surface area contributed by atoms with Crippen LogP contribution in [-0.4, -0.2) is 37.1 Å². The van der Waals surface area contributed by atoms with Gasteiger partial charge in [0.1, 0.15) is 10.8 Å². The molecular formula is C21H25FN2O2S. The van der Waals surface area contributed by atoms with Crippen molar-refractivity contribution in [2.75, 3.05) is 31.6 Å². The predicted molar refractivity (Wildman–Crippen MR) is 106 cm³/mol. The van der Waals surface area contributed by atoms with Crippen LogP contribution in [0.4, 0.5) is 9.39 Å². The van der Waals surface area contributed by atoms with Gasteiger partial charge in [-0.1, -0.05) is 12.1 Å². The van der Waals surface area contributed by atoms with Gasteiger partial charge in [0.2, 0.25) is 5.91 Å². The van der Waals surface area contributed by atoms with E-state index in [2.05, 4.69) is 10.2 Å². The molecule has 6 heteroatoms. The minimum atomic E-state index is -0.226. The minimum absolute atomic E-state index is 0.0604. The average Bonchev–Trinajstić information content (AvgIpc) is 3.00. The molecule has 1 saturated heterocycles. The number of halogens is 1.